The van der Waals surface area contributed by atoms with Crippen LogP contribution in [0, 0.1) is 0 Å². The van der Waals surface area contributed by atoms with Crippen molar-refractivity contribution in [2.24, 2.45) is 0 Å². The van der Waals surface area contributed by atoms with Gasteiger partial charge in [-0.2, -0.15) is 0 Å². The van der Waals surface area contributed by atoms with Gasteiger partial charge in [-0.1, -0.05) is 29.0 Å². The van der Waals surface area contributed by atoms with E-state index in [-0.39, 0.29) is 5.52 Å². The summed E-state index contributed by atoms with van der Waals surface area (Å²) in [7, 11) is 2.19. The predicted octanol–water partition coefficient (Wildman–Crippen LogP) is 1.97. The molecular weight excluding hydrogens is 119 g/mol. The quantitative estimate of drug-likeness (QED) is 0.422. The number of hydrogen-bond acceptors (Lipinski definition) is 1. The van der Waals surface area contributed by atoms with Gasteiger partial charge in [-0.05, 0) is 6.42 Å². The van der Waals surface area contributed by atoms with Crippen LogP contribution >= 0.6 is 9.24 Å². The molecule has 0 rings (SSSR count). The normalized spacial score (nSPS) is 9.25. The minimum atomic E-state index is 0.235. The summed E-state index contributed by atoms with van der Waals surface area (Å²) in [5, 5.41) is 0. The van der Waals surface area contributed by atoms with Crippen molar-refractivity contribution < 1.29 is 4.79 Å². The zero-order valence-electron chi connectivity index (χ0n) is 5.31. The molecule has 0 amide bonds. The Bertz CT molecular complexity index is 70.9. The second-order valence-corrected chi connectivity index (χ2v) is 2.57. The maximum atomic E-state index is 10.3. The average Bonchev–Trinajstić information content (AvgIpc) is 1.66. The fraction of sp³-hybridized carbons (Fsp3) is 0.833. The van der Waals surface area contributed by atoms with Crippen molar-refractivity contribution >= 4 is 14.8 Å². The Morgan fingerprint density at radius 1 is 1.50 bits per heavy atom. The van der Waals surface area contributed by atoms with E-state index in [0.717, 1.165) is 12.8 Å². The lowest BCUT2D eigenvalue weighted by Gasteiger charge is -1.90. The highest BCUT2D eigenvalue weighted by Crippen LogP contribution is 2.02. The molecule has 0 bridgehead atoms. The molecule has 2 heteroatoms. The molecule has 48 valence electrons. The van der Waals surface area contributed by atoms with E-state index in [1.165, 1.54) is 12.8 Å². The molecule has 0 aliphatic heterocycles. The fourth-order valence-electron chi connectivity index (χ4n) is 0.549. The molecule has 0 aliphatic carbocycles. The largest absolute Gasteiger partial charge is 0.295 e. The van der Waals surface area contributed by atoms with E-state index >= 15 is 0 Å². The van der Waals surface area contributed by atoms with Crippen LogP contribution in [0.15, 0.2) is 0 Å². The van der Waals surface area contributed by atoms with Crippen LogP contribution in [0.3, 0.4) is 0 Å². The Morgan fingerprint density at radius 2 is 2.12 bits per heavy atom. The van der Waals surface area contributed by atoms with Gasteiger partial charge in [0.05, 0.1) is 0 Å². The van der Waals surface area contributed by atoms with Crippen LogP contribution in [0.4, 0.5) is 0 Å². The minimum absolute atomic E-state index is 0.235. The van der Waals surface area contributed by atoms with Gasteiger partial charge in [0.1, 0.15) is 5.52 Å². The minimum Gasteiger partial charge on any atom is -0.295 e. The second kappa shape index (κ2) is 5.24. The molecule has 0 spiro atoms. The van der Waals surface area contributed by atoms with E-state index in [2.05, 4.69) is 16.2 Å². The smallest absolute Gasteiger partial charge is 0.148 e. The lowest BCUT2D eigenvalue weighted by Crippen LogP contribution is -1.83. The molecule has 1 atom stereocenters. The molecule has 0 aromatic rings. The molecule has 0 aliphatic rings. The van der Waals surface area contributed by atoms with E-state index in [0.29, 0.717) is 0 Å². The van der Waals surface area contributed by atoms with Gasteiger partial charge >= 0.3 is 0 Å². The molecule has 0 saturated carbocycles. The lowest BCUT2D eigenvalue weighted by atomic mass is 10.2. The van der Waals surface area contributed by atoms with Crippen LogP contribution in [0.1, 0.15) is 32.6 Å². The molecule has 8 heavy (non-hydrogen) atoms. The molecule has 0 fully saturated rings. The molecule has 0 aromatic heterocycles. The van der Waals surface area contributed by atoms with Crippen LogP contribution in [-0.4, -0.2) is 5.52 Å². The second-order valence-electron chi connectivity index (χ2n) is 1.92. The van der Waals surface area contributed by atoms with Crippen molar-refractivity contribution in [2.45, 2.75) is 32.6 Å². The predicted molar refractivity (Wildman–Crippen MR) is 38.9 cm³/mol. The Hall–Kier alpha value is 0.100. The zero-order valence-corrected chi connectivity index (χ0v) is 6.47. The highest BCUT2D eigenvalue weighted by atomic mass is 31.0. The molecule has 0 heterocycles. The summed E-state index contributed by atoms with van der Waals surface area (Å²) in [5.74, 6) is 0. The van der Waals surface area contributed by atoms with Gasteiger partial charge in [0, 0.05) is 6.42 Å². The fourth-order valence-corrected chi connectivity index (χ4v) is 0.753. The number of hydrogen-bond donors (Lipinski definition) is 0. The van der Waals surface area contributed by atoms with Gasteiger partial charge in [0.2, 0.25) is 0 Å². The number of carbonyl (C=O) groups is 1. The van der Waals surface area contributed by atoms with Crippen LogP contribution in [0.2, 0.25) is 0 Å². The van der Waals surface area contributed by atoms with E-state index in [4.69, 9.17) is 0 Å². The van der Waals surface area contributed by atoms with Crippen LogP contribution in [0.5, 0.6) is 0 Å². The molecule has 0 radical (unpaired) electrons. The monoisotopic (exact) mass is 132 g/mol. The Morgan fingerprint density at radius 3 is 2.50 bits per heavy atom. The Labute approximate surface area is 53.1 Å². The van der Waals surface area contributed by atoms with Crippen molar-refractivity contribution in [2.75, 3.05) is 0 Å². The van der Waals surface area contributed by atoms with Crippen molar-refractivity contribution in [3.05, 3.63) is 0 Å². The lowest BCUT2D eigenvalue weighted by molar-refractivity contribution is -0.111. The zero-order chi connectivity index (χ0) is 6.41. The maximum absolute atomic E-state index is 10.3. The highest BCUT2D eigenvalue weighted by molar-refractivity contribution is 7.40. The van der Waals surface area contributed by atoms with Crippen molar-refractivity contribution in [3.63, 3.8) is 0 Å². The van der Waals surface area contributed by atoms with E-state index in [1.54, 1.807) is 0 Å². The first-order chi connectivity index (χ1) is 3.77. The van der Waals surface area contributed by atoms with Gasteiger partial charge in [0.15, 0.2) is 0 Å². The number of carbonyl (C=O) groups excluding carboxylic acids is 1. The van der Waals surface area contributed by atoms with Crippen LogP contribution in [-0.2, 0) is 4.79 Å². The summed E-state index contributed by atoms with van der Waals surface area (Å²) in [6.45, 7) is 2.13. The molecule has 1 nitrogen and oxygen atoms in total. The highest BCUT2D eigenvalue weighted by Gasteiger charge is 1.89. The summed E-state index contributed by atoms with van der Waals surface area (Å²) in [6.07, 6.45) is 4.16. The maximum Gasteiger partial charge on any atom is 0.148 e. The van der Waals surface area contributed by atoms with Crippen LogP contribution in [0.25, 0.3) is 0 Å². The van der Waals surface area contributed by atoms with Gasteiger partial charge in [-0.15, -0.1) is 0 Å². The summed E-state index contributed by atoms with van der Waals surface area (Å²) in [6, 6.07) is 0. The first kappa shape index (κ1) is 8.10. The van der Waals surface area contributed by atoms with Gasteiger partial charge in [-0.3, -0.25) is 4.79 Å². The first-order valence-corrected chi connectivity index (χ1v) is 3.63. The van der Waals surface area contributed by atoms with Crippen LogP contribution < -0.4 is 0 Å². The molecular formula is C6H13OP. The molecule has 0 N–H and O–H groups in total. The van der Waals surface area contributed by atoms with Crippen molar-refractivity contribution in [3.8, 4) is 0 Å². The Balaban J connectivity index is 2.82. The third kappa shape index (κ3) is 6.10. The number of unbranched alkanes of at least 4 members (excludes halogenated alkanes) is 2. The molecule has 0 aromatic carbocycles. The van der Waals surface area contributed by atoms with Gasteiger partial charge < -0.3 is 0 Å². The van der Waals surface area contributed by atoms with E-state index < -0.39 is 0 Å². The summed E-state index contributed by atoms with van der Waals surface area (Å²) in [4.78, 5) is 10.3. The standard InChI is InChI=1S/C6H13OP/c1-2-3-4-5-6(7)8/h2-5,8H2,1H3. The third-order valence-corrected chi connectivity index (χ3v) is 1.32. The van der Waals surface area contributed by atoms with Gasteiger partial charge in [-0.25, -0.2) is 0 Å². The van der Waals surface area contributed by atoms with E-state index in [1.807, 2.05) is 0 Å². The topological polar surface area (TPSA) is 17.1 Å². The third-order valence-electron chi connectivity index (χ3n) is 1.03. The summed E-state index contributed by atoms with van der Waals surface area (Å²) >= 11 is 0. The Kier molecular flexibility index (Phi) is 5.31. The SMILES string of the molecule is CCCCCC(=O)P. The van der Waals surface area contributed by atoms with E-state index in [9.17, 15) is 4.79 Å². The molecule has 0 saturated heterocycles. The summed E-state index contributed by atoms with van der Waals surface area (Å²) < 4.78 is 0. The van der Waals surface area contributed by atoms with Crippen molar-refractivity contribution in [1.82, 2.24) is 0 Å². The first-order valence-electron chi connectivity index (χ1n) is 3.05. The van der Waals surface area contributed by atoms with Gasteiger partial charge in [0.25, 0.3) is 0 Å². The average molecular weight is 132 g/mol. The number of rotatable bonds is 4. The molecule has 1 unspecified atom stereocenters. The van der Waals surface area contributed by atoms with Crippen molar-refractivity contribution in [1.29, 1.82) is 0 Å². The summed E-state index contributed by atoms with van der Waals surface area (Å²) in [5.41, 5.74) is 0.235.